The monoisotopic (exact) mass is 213 g/mol. The van der Waals surface area contributed by atoms with Gasteiger partial charge in [0.25, 0.3) is 0 Å². The quantitative estimate of drug-likeness (QED) is 0.730. The molecular weight excluding hydrogens is 209 g/mol. The van der Waals surface area contributed by atoms with Crippen molar-refractivity contribution in [1.82, 2.24) is 10.2 Å². The SMILES string of the molecule is FC(F)(F)c1ccc(-c2nn[c]o2)cc1. The third kappa shape index (κ3) is 1.98. The smallest absolute Gasteiger partial charge is 0.412 e. The van der Waals surface area contributed by atoms with E-state index >= 15 is 0 Å². The Morgan fingerprint density at radius 2 is 1.80 bits per heavy atom. The predicted molar refractivity (Wildman–Crippen MR) is 43.6 cm³/mol. The molecule has 0 aliphatic heterocycles. The standard InChI is InChI=1S/C9H4F3N2O/c10-9(11,12)7-3-1-6(2-4-7)8-14-13-5-15-8/h1-4H. The molecule has 0 fully saturated rings. The Morgan fingerprint density at radius 3 is 2.27 bits per heavy atom. The number of aromatic nitrogens is 2. The first-order valence-corrected chi connectivity index (χ1v) is 3.94. The van der Waals surface area contributed by atoms with Crippen LogP contribution in [0.5, 0.6) is 0 Å². The van der Waals surface area contributed by atoms with Gasteiger partial charge in [-0.05, 0) is 24.3 Å². The van der Waals surface area contributed by atoms with Crippen LogP contribution in [0, 0.1) is 6.39 Å². The van der Waals surface area contributed by atoms with E-state index in [1.807, 2.05) is 0 Å². The van der Waals surface area contributed by atoms with Gasteiger partial charge in [-0.1, -0.05) is 0 Å². The van der Waals surface area contributed by atoms with Crippen molar-refractivity contribution in [2.75, 3.05) is 0 Å². The predicted octanol–water partition coefficient (Wildman–Crippen LogP) is 2.56. The Hall–Kier alpha value is -1.85. The Morgan fingerprint density at radius 1 is 1.13 bits per heavy atom. The lowest BCUT2D eigenvalue weighted by Gasteiger charge is -2.05. The van der Waals surface area contributed by atoms with Gasteiger partial charge in [0.05, 0.1) is 5.56 Å². The molecule has 0 unspecified atom stereocenters. The molecule has 1 radical (unpaired) electrons. The Balaban J connectivity index is 2.33. The lowest BCUT2D eigenvalue weighted by Crippen LogP contribution is -2.03. The number of nitrogens with zero attached hydrogens (tertiary/aromatic N) is 2. The van der Waals surface area contributed by atoms with Crippen molar-refractivity contribution in [3.05, 3.63) is 36.2 Å². The summed E-state index contributed by atoms with van der Waals surface area (Å²) >= 11 is 0. The molecule has 0 aliphatic carbocycles. The van der Waals surface area contributed by atoms with Crippen LogP contribution in [0.1, 0.15) is 5.56 Å². The summed E-state index contributed by atoms with van der Waals surface area (Å²) in [5, 5.41) is 6.83. The summed E-state index contributed by atoms with van der Waals surface area (Å²) < 4.78 is 41.3. The summed E-state index contributed by atoms with van der Waals surface area (Å²) in [4.78, 5) is 0. The van der Waals surface area contributed by atoms with Crippen molar-refractivity contribution < 1.29 is 17.6 Å². The summed E-state index contributed by atoms with van der Waals surface area (Å²) in [5.41, 5.74) is -0.286. The number of hydrogen-bond donors (Lipinski definition) is 0. The van der Waals surface area contributed by atoms with Gasteiger partial charge in [0, 0.05) is 5.56 Å². The van der Waals surface area contributed by atoms with Crippen molar-refractivity contribution in [3.63, 3.8) is 0 Å². The van der Waals surface area contributed by atoms with Crippen LogP contribution in [-0.2, 0) is 6.18 Å². The maximum absolute atomic E-state index is 12.2. The first kappa shape index (κ1) is 9.70. The Kier molecular flexibility index (Phi) is 2.18. The molecule has 2 rings (SSSR count). The molecule has 0 atom stereocenters. The maximum atomic E-state index is 12.2. The van der Waals surface area contributed by atoms with Crippen LogP contribution in [0.25, 0.3) is 11.5 Å². The number of rotatable bonds is 1. The average Bonchev–Trinajstić information content (AvgIpc) is 2.69. The summed E-state index contributed by atoms with van der Waals surface area (Å²) in [7, 11) is 0. The molecule has 1 heterocycles. The molecule has 1 aromatic heterocycles. The molecule has 3 nitrogen and oxygen atoms in total. The first-order chi connectivity index (χ1) is 7.07. The Labute approximate surface area is 82.6 Å². The second-order valence-electron chi connectivity index (χ2n) is 2.77. The lowest BCUT2D eigenvalue weighted by molar-refractivity contribution is -0.137. The minimum Gasteiger partial charge on any atom is -0.412 e. The molecule has 0 amide bonds. The highest BCUT2D eigenvalue weighted by molar-refractivity contribution is 5.52. The fraction of sp³-hybridized carbons (Fsp3) is 0.111. The summed E-state index contributed by atoms with van der Waals surface area (Å²) in [6.07, 6.45) is -2.22. The molecular formula is C9H4F3N2O. The summed E-state index contributed by atoms with van der Waals surface area (Å²) in [6, 6.07) is 4.45. The number of alkyl halides is 3. The van der Waals surface area contributed by atoms with Gasteiger partial charge in [-0.15, -0.1) is 10.2 Å². The molecule has 0 spiro atoms. The molecule has 2 aromatic rings. The van der Waals surface area contributed by atoms with Crippen LogP contribution in [0.4, 0.5) is 13.2 Å². The van der Waals surface area contributed by atoms with Gasteiger partial charge in [-0.2, -0.15) is 13.2 Å². The van der Waals surface area contributed by atoms with E-state index < -0.39 is 11.7 Å². The van der Waals surface area contributed by atoms with E-state index in [1.165, 1.54) is 12.1 Å². The van der Waals surface area contributed by atoms with E-state index in [-0.39, 0.29) is 5.89 Å². The molecule has 77 valence electrons. The van der Waals surface area contributed by atoms with Crippen LogP contribution >= 0.6 is 0 Å². The highest BCUT2D eigenvalue weighted by atomic mass is 19.4. The Bertz CT molecular complexity index is 433. The topological polar surface area (TPSA) is 38.9 Å². The second-order valence-corrected chi connectivity index (χ2v) is 2.77. The van der Waals surface area contributed by atoms with E-state index in [2.05, 4.69) is 16.6 Å². The first-order valence-electron chi connectivity index (χ1n) is 3.94. The van der Waals surface area contributed by atoms with Gasteiger partial charge in [-0.3, -0.25) is 0 Å². The summed E-state index contributed by atoms with van der Waals surface area (Å²) in [5.74, 6) is 0.142. The third-order valence-corrected chi connectivity index (χ3v) is 1.78. The number of halogens is 3. The van der Waals surface area contributed by atoms with E-state index in [0.717, 1.165) is 12.1 Å². The van der Waals surface area contributed by atoms with Gasteiger partial charge in [0.2, 0.25) is 5.89 Å². The highest BCUT2D eigenvalue weighted by Gasteiger charge is 2.30. The van der Waals surface area contributed by atoms with Crippen molar-refractivity contribution >= 4 is 0 Å². The van der Waals surface area contributed by atoms with E-state index in [9.17, 15) is 13.2 Å². The minimum atomic E-state index is -4.33. The zero-order valence-electron chi connectivity index (χ0n) is 7.25. The van der Waals surface area contributed by atoms with Crippen molar-refractivity contribution in [1.29, 1.82) is 0 Å². The fourth-order valence-corrected chi connectivity index (χ4v) is 1.07. The largest absolute Gasteiger partial charge is 0.416 e. The van der Waals surface area contributed by atoms with Crippen LogP contribution < -0.4 is 0 Å². The lowest BCUT2D eigenvalue weighted by atomic mass is 10.1. The highest BCUT2D eigenvalue weighted by Crippen LogP contribution is 2.30. The number of hydrogen-bond acceptors (Lipinski definition) is 3. The van der Waals surface area contributed by atoms with Gasteiger partial charge in [0.1, 0.15) is 0 Å². The zero-order valence-corrected chi connectivity index (χ0v) is 7.25. The normalized spacial score (nSPS) is 11.7. The zero-order chi connectivity index (χ0) is 10.9. The van der Waals surface area contributed by atoms with Crippen molar-refractivity contribution in [2.45, 2.75) is 6.18 Å². The maximum Gasteiger partial charge on any atom is 0.416 e. The van der Waals surface area contributed by atoms with Crippen LogP contribution in [0.3, 0.4) is 0 Å². The van der Waals surface area contributed by atoms with Gasteiger partial charge >= 0.3 is 12.6 Å². The molecule has 0 bridgehead atoms. The summed E-state index contributed by atoms with van der Waals surface area (Å²) in [6.45, 7) is 0. The molecule has 15 heavy (non-hydrogen) atoms. The third-order valence-electron chi connectivity index (χ3n) is 1.78. The van der Waals surface area contributed by atoms with E-state index in [1.54, 1.807) is 0 Å². The van der Waals surface area contributed by atoms with Gasteiger partial charge < -0.3 is 4.42 Å². The molecule has 0 saturated heterocycles. The van der Waals surface area contributed by atoms with Crippen molar-refractivity contribution in [3.8, 4) is 11.5 Å². The minimum absolute atomic E-state index is 0.142. The van der Waals surface area contributed by atoms with E-state index in [0.29, 0.717) is 5.56 Å². The molecule has 1 aromatic carbocycles. The second kappa shape index (κ2) is 3.38. The van der Waals surface area contributed by atoms with Crippen LogP contribution in [0.15, 0.2) is 28.7 Å². The van der Waals surface area contributed by atoms with Crippen LogP contribution in [-0.4, -0.2) is 10.2 Å². The van der Waals surface area contributed by atoms with Crippen molar-refractivity contribution in [2.24, 2.45) is 0 Å². The molecule has 0 N–H and O–H groups in total. The van der Waals surface area contributed by atoms with E-state index in [4.69, 9.17) is 4.42 Å². The molecule has 0 aliphatic rings. The molecule has 6 heteroatoms. The fourth-order valence-electron chi connectivity index (χ4n) is 1.07. The van der Waals surface area contributed by atoms with Gasteiger partial charge in [0.15, 0.2) is 0 Å². The number of benzene rings is 1. The average molecular weight is 213 g/mol. The molecule has 0 saturated carbocycles. The van der Waals surface area contributed by atoms with Crippen LogP contribution in [0.2, 0.25) is 0 Å². The van der Waals surface area contributed by atoms with Gasteiger partial charge in [-0.25, -0.2) is 0 Å².